The van der Waals surface area contributed by atoms with Gasteiger partial charge in [-0.25, -0.2) is 0 Å². The molecule has 0 aliphatic heterocycles. The van der Waals surface area contributed by atoms with Gasteiger partial charge >= 0.3 is 0 Å². The van der Waals surface area contributed by atoms with Gasteiger partial charge in [-0.05, 0) is 24.2 Å². The molecule has 0 amide bonds. The summed E-state index contributed by atoms with van der Waals surface area (Å²) in [5.74, 6) is 2.22. The lowest BCUT2D eigenvalue weighted by Crippen LogP contribution is -2.33. The van der Waals surface area contributed by atoms with Crippen LogP contribution in [0.15, 0.2) is 0 Å². The van der Waals surface area contributed by atoms with Crippen LogP contribution in [0.1, 0.15) is 47.5 Å². The van der Waals surface area contributed by atoms with Gasteiger partial charge in [0.15, 0.2) is 0 Å². The van der Waals surface area contributed by atoms with Gasteiger partial charge in [-0.1, -0.05) is 41.0 Å². The first kappa shape index (κ1) is 12.0. The molecular formula is C11H25N. The SMILES string of the molecule is CCC(N)C(C)[C@@H](C)[C@H](C)CC. The van der Waals surface area contributed by atoms with E-state index in [1.807, 2.05) is 0 Å². The maximum absolute atomic E-state index is 6.01. The van der Waals surface area contributed by atoms with Crippen molar-refractivity contribution < 1.29 is 0 Å². The zero-order valence-corrected chi connectivity index (χ0v) is 9.30. The highest BCUT2D eigenvalue weighted by molar-refractivity contribution is 4.75. The van der Waals surface area contributed by atoms with Crippen LogP contribution in [0.5, 0.6) is 0 Å². The predicted molar refractivity (Wildman–Crippen MR) is 56.0 cm³/mol. The third-order valence-corrected chi connectivity index (χ3v) is 3.52. The van der Waals surface area contributed by atoms with Crippen molar-refractivity contribution in [1.82, 2.24) is 0 Å². The minimum Gasteiger partial charge on any atom is -0.327 e. The maximum Gasteiger partial charge on any atom is 0.00645 e. The lowest BCUT2D eigenvalue weighted by atomic mass is 9.79. The highest BCUT2D eigenvalue weighted by atomic mass is 14.6. The highest BCUT2D eigenvalue weighted by Crippen LogP contribution is 2.25. The van der Waals surface area contributed by atoms with E-state index in [0.717, 1.165) is 18.3 Å². The van der Waals surface area contributed by atoms with Crippen molar-refractivity contribution in [3.8, 4) is 0 Å². The molecule has 0 bridgehead atoms. The van der Waals surface area contributed by atoms with E-state index in [0.29, 0.717) is 12.0 Å². The Morgan fingerprint density at radius 2 is 1.42 bits per heavy atom. The molecule has 0 saturated carbocycles. The van der Waals surface area contributed by atoms with E-state index in [1.165, 1.54) is 6.42 Å². The first-order valence-corrected chi connectivity index (χ1v) is 5.30. The summed E-state index contributed by atoms with van der Waals surface area (Å²) in [6, 6.07) is 0.383. The molecule has 74 valence electrons. The molecule has 2 N–H and O–H groups in total. The zero-order valence-electron chi connectivity index (χ0n) is 9.30. The monoisotopic (exact) mass is 171 g/mol. The van der Waals surface area contributed by atoms with Gasteiger partial charge in [0.05, 0.1) is 0 Å². The molecule has 0 aromatic carbocycles. The fourth-order valence-corrected chi connectivity index (χ4v) is 1.65. The van der Waals surface area contributed by atoms with Crippen LogP contribution in [0.25, 0.3) is 0 Å². The molecular weight excluding hydrogens is 146 g/mol. The molecule has 0 aromatic heterocycles. The largest absolute Gasteiger partial charge is 0.327 e. The van der Waals surface area contributed by atoms with E-state index in [4.69, 9.17) is 5.73 Å². The summed E-state index contributed by atoms with van der Waals surface area (Å²) < 4.78 is 0. The maximum atomic E-state index is 6.01. The van der Waals surface area contributed by atoms with E-state index < -0.39 is 0 Å². The summed E-state index contributed by atoms with van der Waals surface area (Å²) in [5, 5.41) is 0. The van der Waals surface area contributed by atoms with Crippen molar-refractivity contribution in [2.45, 2.75) is 53.5 Å². The summed E-state index contributed by atoms with van der Waals surface area (Å²) in [6.07, 6.45) is 2.36. The molecule has 1 nitrogen and oxygen atoms in total. The first-order valence-electron chi connectivity index (χ1n) is 5.30. The molecule has 4 atom stereocenters. The van der Waals surface area contributed by atoms with Crippen LogP contribution in [0.3, 0.4) is 0 Å². The van der Waals surface area contributed by atoms with Crippen LogP contribution < -0.4 is 5.73 Å². The summed E-state index contributed by atoms with van der Waals surface area (Å²) >= 11 is 0. The zero-order chi connectivity index (χ0) is 9.72. The molecule has 0 aliphatic rings. The molecule has 2 unspecified atom stereocenters. The summed E-state index contributed by atoms with van der Waals surface area (Å²) in [4.78, 5) is 0. The molecule has 0 spiro atoms. The predicted octanol–water partition coefficient (Wildman–Crippen LogP) is 3.04. The molecule has 0 aromatic rings. The second kappa shape index (κ2) is 5.58. The molecule has 1 heteroatoms. The Kier molecular flexibility index (Phi) is 5.56. The quantitative estimate of drug-likeness (QED) is 0.676. The average molecular weight is 171 g/mol. The van der Waals surface area contributed by atoms with Crippen molar-refractivity contribution in [2.75, 3.05) is 0 Å². The van der Waals surface area contributed by atoms with Crippen molar-refractivity contribution >= 4 is 0 Å². The normalized spacial score (nSPS) is 21.5. The summed E-state index contributed by atoms with van der Waals surface area (Å²) in [6.45, 7) is 11.4. The fourth-order valence-electron chi connectivity index (χ4n) is 1.65. The van der Waals surface area contributed by atoms with Gasteiger partial charge in [-0.3, -0.25) is 0 Å². The van der Waals surface area contributed by atoms with E-state index in [-0.39, 0.29) is 0 Å². The first-order chi connectivity index (χ1) is 5.54. The summed E-state index contributed by atoms with van der Waals surface area (Å²) in [7, 11) is 0. The van der Waals surface area contributed by atoms with Gasteiger partial charge in [-0.2, -0.15) is 0 Å². The lowest BCUT2D eigenvalue weighted by Gasteiger charge is -2.29. The number of hydrogen-bond donors (Lipinski definition) is 1. The lowest BCUT2D eigenvalue weighted by molar-refractivity contribution is 0.235. The van der Waals surface area contributed by atoms with Crippen LogP contribution in [0, 0.1) is 17.8 Å². The van der Waals surface area contributed by atoms with E-state index in [2.05, 4.69) is 34.6 Å². The van der Waals surface area contributed by atoms with Crippen molar-refractivity contribution in [1.29, 1.82) is 0 Å². The van der Waals surface area contributed by atoms with Gasteiger partial charge in [0.25, 0.3) is 0 Å². The average Bonchev–Trinajstić information content (AvgIpc) is 2.12. The van der Waals surface area contributed by atoms with Crippen LogP contribution in [0.2, 0.25) is 0 Å². The summed E-state index contributed by atoms with van der Waals surface area (Å²) in [5.41, 5.74) is 6.01. The Bertz CT molecular complexity index is 97.6. The Morgan fingerprint density at radius 3 is 1.75 bits per heavy atom. The van der Waals surface area contributed by atoms with Crippen molar-refractivity contribution in [3.63, 3.8) is 0 Å². The molecule has 0 heterocycles. The Labute approximate surface area is 77.7 Å². The minimum atomic E-state index is 0.383. The molecule has 12 heavy (non-hydrogen) atoms. The van der Waals surface area contributed by atoms with Crippen molar-refractivity contribution in [3.05, 3.63) is 0 Å². The van der Waals surface area contributed by atoms with Gasteiger partial charge in [-0.15, -0.1) is 0 Å². The van der Waals surface area contributed by atoms with E-state index in [9.17, 15) is 0 Å². The fraction of sp³-hybridized carbons (Fsp3) is 1.00. The molecule has 0 saturated heterocycles. The van der Waals surface area contributed by atoms with Crippen LogP contribution in [0.4, 0.5) is 0 Å². The van der Waals surface area contributed by atoms with Gasteiger partial charge in [0, 0.05) is 6.04 Å². The minimum absolute atomic E-state index is 0.383. The Hall–Kier alpha value is -0.0400. The molecule has 0 aliphatic carbocycles. The molecule has 0 fully saturated rings. The third-order valence-electron chi connectivity index (χ3n) is 3.52. The van der Waals surface area contributed by atoms with Gasteiger partial charge < -0.3 is 5.73 Å². The van der Waals surface area contributed by atoms with Crippen molar-refractivity contribution in [2.24, 2.45) is 23.5 Å². The van der Waals surface area contributed by atoms with Crippen LogP contribution >= 0.6 is 0 Å². The van der Waals surface area contributed by atoms with Gasteiger partial charge in [0.2, 0.25) is 0 Å². The third kappa shape index (κ3) is 3.14. The van der Waals surface area contributed by atoms with E-state index in [1.54, 1.807) is 0 Å². The second-order valence-electron chi connectivity index (χ2n) is 4.18. The molecule has 0 rings (SSSR count). The smallest absolute Gasteiger partial charge is 0.00645 e. The van der Waals surface area contributed by atoms with E-state index >= 15 is 0 Å². The van der Waals surface area contributed by atoms with Gasteiger partial charge in [0.1, 0.15) is 0 Å². The molecule has 0 radical (unpaired) electrons. The second-order valence-corrected chi connectivity index (χ2v) is 4.18. The Morgan fingerprint density at radius 1 is 0.917 bits per heavy atom. The highest BCUT2D eigenvalue weighted by Gasteiger charge is 2.21. The number of nitrogens with two attached hydrogens (primary N) is 1. The topological polar surface area (TPSA) is 26.0 Å². The van der Waals surface area contributed by atoms with Crippen LogP contribution in [-0.4, -0.2) is 6.04 Å². The number of hydrogen-bond acceptors (Lipinski definition) is 1. The standard InChI is InChI=1S/C11H25N/c1-6-8(3)9(4)10(5)11(12)7-2/h8-11H,6-7,12H2,1-5H3/t8-,9+,10?,11?/m1/s1. The van der Waals surface area contributed by atoms with Crippen LogP contribution in [-0.2, 0) is 0 Å². The Balaban J connectivity index is 3.99. The number of rotatable bonds is 5.